The zero-order valence-corrected chi connectivity index (χ0v) is 4.48. The Bertz CT molecular complexity index is 62.9. The Kier molecular flexibility index (Phi) is 1.81. The van der Waals surface area contributed by atoms with Crippen molar-refractivity contribution in [2.75, 3.05) is 0 Å². The van der Waals surface area contributed by atoms with Crippen LogP contribution in [0.25, 0.3) is 0 Å². The Hall–Kier alpha value is -0.140. The van der Waals surface area contributed by atoms with Crippen molar-refractivity contribution in [3.05, 3.63) is 12.8 Å². The van der Waals surface area contributed by atoms with E-state index in [1.165, 1.54) is 12.8 Å². The molecule has 0 aromatic rings. The molecule has 0 amide bonds. The van der Waals surface area contributed by atoms with E-state index in [-0.39, 0.29) is 0 Å². The van der Waals surface area contributed by atoms with Gasteiger partial charge in [0, 0.05) is 0 Å². The van der Waals surface area contributed by atoms with Gasteiger partial charge in [0.05, 0.1) is 0 Å². The van der Waals surface area contributed by atoms with Crippen LogP contribution in [0.5, 0.6) is 0 Å². The molecule has 1 fully saturated rings. The second kappa shape index (κ2) is 2.42. The summed E-state index contributed by atoms with van der Waals surface area (Å²) < 4.78 is 24.2. The minimum Gasteiger partial charge on any atom is -0.244 e. The predicted octanol–water partition coefficient (Wildman–Crippen LogP) is 1.86. The summed E-state index contributed by atoms with van der Waals surface area (Å²) in [5.41, 5.74) is 0. The van der Waals surface area contributed by atoms with E-state index in [9.17, 15) is 8.78 Å². The first kappa shape index (κ1) is 5.99. The third-order valence-corrected chi connectivity index (χ3v) is 1.25. The van der Waals surface area contributed by atoms with Crippen LogP contribution in [0.15, 0.2) is 0 Å². The topological polar surface area (TPSA) is 0 Å². The molecule has 0 aromatic carbocycles. The van der Waals surface area contributed by atoms with Crippen LogP contribution >= 0.6 is 0 Å². The Morgan fingerprint density at radius 2 is 1.38 bits per heavy atom. The maximum absolute atomic E-state index is 12.1. The molecule has 2 heteroatoms. The summed E-state index contributed by atoms with van der Waals surface area (Å²) >= 11 is 0. The highest BCUT2D eigenvalue weighted by molar-refractivity contribution is 4.96. The number of alkyl halides is 2. The second-order valence-corrected chi connectivity index (χ2v) is 1.94. The van der Waals surface area contributed by atoms with Crippen LogP contribution in [0.1, 0.15) is 12.8 Å². The summed E-state index contributed by atoms with van der Waals surface area (Å²) in [5.74, 6) is 0. The van der Waals surface area contributed by atoms with E-state index < -0.39 is 12.3 Å². The number of hydrogen-bond acceptors (Lipinski definition) is 0. The fourth-order valence-electron chi connectivity index (χ4n) is 0.771. The highest BCUT2D eigenvalue weighted by Gasteiger charge is 2.23. The first-order valence-corrected chi connectivity index (χ1v) is 2.75. The van der Waals surface area contributed by atoms with E-state index >= 15 is 0 Å². The third-order valence-electron chi connectivity index (χ3n) is 1.25. The van der Waals surface area contributed by atoms with Gasteiger partial charge in [-0.2, -0.15) is 0 Å². The lowest BCUT2D eigenvalue weighted by atomic mass is 9.97. The summed E-state index contributed by atoms with van der Waals surface area (Å²) in [4.78, 5) is 0. The van der Waals surface area contributed by atoms with Crippen LogP contribution in [-0.2, 0) is 0 Å². The molecule has 1 aliphatic carbocycles. The molecule has 0 saturated heterocycles. The van der Waals surface area contributed by atoms with Crippen molar-refractivity contribution in [2.45, 2.75) is 25.2 Å². The molecule has 46 valence electrons. The fourth-order valence-corrected chi connectivity index (χ4v) is 0.771. The van der Waals surface area contributed by atoms with Crippen molar-refractivity contribution in [3.63, 3.8) is 0 Å². The van der Waals surface area contributed by atoms with Crippen LogP contribution in [0.3, 0.4) is 0 Å². The summed E-state index contributed by atoms with van der Waals surface area (Å²) in [6, 6.07) is 0. The number of hydrogen-bond donors (Lipinski definition) is 0. The van der Waals surface area contributed by atoms with Crippen molar-refractivity contribution in [2.24, 2.45) is 0 Å². The smallest absolute Gasteiger partial charge is 0.135 e. The molecule has 1 rings (SSSR count). The van der Waals surface area contributed by atoms with Gasteiger partial charge in [-0.15, -0.1) is 0 Å². The number of rotatable bonds is 0. The quantitative estimate of drug-likeness (QED) is 0.455. The monoisotopic (exact) mass is 118 g/mol. The minimum absolute atomic E-state index is 0.682. The van der Waals surface area contributed by atoms with E-state index in [2.05, 4.69) is 0 Å². The lowest BCUT2D eigenvalue weighted by Crippen LogP contribution is -2.22. The minimum atomic E-state index is -1.34. The Morgan fingerprint density at radius 3 is 1.62 bits per heavy atom. The van der Waals surface area contributed by atoms with Gasteiger partial charge in [0.25, 0.3) is 0 Å². The Labute approximate surface area is 47.9 Å². The lowest BCUT2D eigenvalue weighted by Gasteiger charge is -2.17. The molecule has 8 heavy (non-hydrogen) atoms. The molecule has 0 aliphatic heterocycles. The van der Waals surface area contributed by atoms with Crippen molar-refractivity contribution >= 4 is 0 Å². The van der Waals surface area contributed by atoms with Gasteiger partial charge in [0.2, 0.25) is 0 Å². The van der Waals surface area contributed by atoms with Crippen molar-refractivity contribution in [1.82, 2.24) is 0 Å². The molecular weight excluding hydrogens is 110 g/mol. The van der Waals surface area contributed by atoms with Gasteiger partial charge in [0.15, 0.2) is 0 Å². The van der Waals surface area contributed by atoms with Gasteiger partial charge in [-0.3, -0.25) is 0 Å². The van der Waals surface area contributed by atoms with E-state index in [0.717, 1.165) is 0 Å². The van der Waals surface area contributed by atoms with Gasteiger partial charge in [-0.05, 0) is 25.7 Å². The molecular formula is C6H8F2. The van der Waals surface area contributed by atoms with Gasteiger partial charge in [-0.25, -0.2) is 8.78 Å². The molecule has 0 aromatic heterocycles. The van der Waals surface area contributed by atoms with Crippen LogP contribution in [0.2, 0.25) is 0 Å². The summed E-state index contributed by atoms with van der Waals surface area (Å²) in [5, 5.41) is 0. The number of halogens is 2. The standard InChI is InChI=1S/C6H8F2/c7-5-3-1-2-4-6(5)8/h3-6H,1-2H2. The van der Waals surface area contributed by atoms with E-state index in [4.69, 9.17) is 0 Å². The molecule has 1 saturated carbocycles. The van der Waals surface area contributed by atoms with Gasteiger partial charge >= 0.3 is 0 Å². The van der Waals surface area contributed by atoms with E-state index in [1.807, 2.05) is 0 Å². The molecule has 0 N–H and O–H groups in total. The van der Waals surface area contributed by atoms with Crippen molar-refractivity contribution in [3.8, 4) is 0 Å². The fraction of sp³-hybridized carbons (Fsp3) is 0.667. The average Bonchev–Trinajstić information content (AvgIpc) is 1.77. The van der Waals surface area contributed by atoms with Crippen molar-refractivity contribution < 1.29 is 8.78 Å². The first-order valence-electron chi connectivity index (χ1n) is 2.75. The molecule has 0 nitrogen and oxygen atoms in total. The lowest BCUT2D eigenvalue weighted by molar-refractivity contribution is 0.197. The Balaban J connectivity index is 2.28. The average molecular weight is 118 g/mol. The van der Waals surface area contributed by atoms with E-state index in [1.54, 1.807) is 0 Å². The highest BCUT2D eigenvalue weighted by atomic mass is 19.2. The third kappa shape index (κ3) is 1.17. The zero-order chi connectivity index (χ0) is 5.98. The molecule has 2 atom stereocenters. The normalized spacial score (nSPS) is 39.8. The van der Waals surface area contributed by atoms with Gasteiger partial charge < -0.3 is 0 Å². The van der Waals surface area contributed by atoms with Crippen LogP contribution in [0, 0.1) is 12.8 Å². The highest BCUT2D eigenvalue weighted by Crippen LogP contribution is 2.21. The largest absolute Gasteiger partial charge is 0.244 e. The molecule has 2 unspecified atom stereocenters. The maximum atomic E-state index is 12.1. The molecule has 2 radical (unpaired) electrons. The van der Waals surface area contributed by atoms with Gasteiger partial charge in [0.1, 0.15) is 12.3 Å². The SMILES string of the molecule is FC1[CH]CC[CH]C1F. The van der Waals surface area contributed by atoms with Crippen LogP contribution in [0.4, 0.5) is 8.78 Å². The van der Waals surface area contributed by atoms with E-state index in [0.29, 0.717) is 12.8 Å². The molecule has 0 spiro atoms. The van der Waals surface area contributed by atoms with Crippen LogP contribution < -0.4 is 0 Å². The van der Waals surface area contributed by atoms with Crippen LogP contribution in [-0.4, -0.2) is 12.3 Å². The van der Waals surface area contributed by atoms with Crippen molar-refractivity contribution in [1.29, 1.82) is 0 Å². The first-order chi connectivity index (χ1) is 3.80. The summed E-state index contributed by atoms with van der Waals surface area (Å²) in [7, 11) is 0. The maximum Gasteiger partial charge on any atom is 0.135 e. The molecule has 1 aliphatic rings. The predicted molar refractivity (Wildman–Crippen MR) is 27.6 cm³/mol. The summed E-state index contributed by atoms with van der Waals surface area (Å²) in [6.45, 7) is 0. The molecule has 0 bridgehead atoms. The summed E-state index contributed by atoms with van der Waals surface area (Å²) in [6.07, 6.45) is 1.44. The second-order valence-electron chi connectivity index (χ2n) is 1.94. The molecule has 0 heterocycles. The van der Waals surface area contributed by atoms with Gasteiger partial charge in [-0.1, -0.05) is 0 Å². The Morgan fingerprint density at radius 1 is 1.00 bits per heavy atom. The zero-order valence-electron chi connectivity index (χ0n) is 4.48.